The van der Waals surface area contributed by atoms with Crippen molar-refractivity contribution >= 4 is 17.3 Å². The Morgan fingerprint density at radius 2 is 1.79 bits per heavy atom. The van der Waals surface area contributed by atoms with Gasteiger partial charge >= 0.3 is 0 Å². The SMILES string of the molecule is O=c1c(Cl)c(N2CCCC(COc3ccccc3)C2)cnn1-c1ccccc1. The lowest BCUT2D eigenvalue weighted by Crippen LogP contribution is -2.39. The summed E-state index contributed by atoms with van der Waals surface area (Å²) in [6.45, 7) is 2.30. The highest BCUT2D eigenvalue weighted by atomic mass is 35.5. The number of aromatic nitrogens is 2. The van der Waals surface area contributed by atoms with E-state index in [1.165, 1.54) is 4.68 Å². The minimum Gasteiger partial charge on any atom is -0.493 e. The maximum Gasteiger partial charge on any atom is 0.292 e. The van der Waals surface area contributed by atoms with Crippen LogP contribution in [0.2, 0.25) is 5.02 Å². The molecule has 3 aromatic rings. The van der Waals surface area contributed by atoms with E-state index in [0.717, 1.165) is 31.7 Å². The van der Waals surface area contributed by atoms with Gasteiger partial charge in [-0.2, -0.15) is 9.78 Å². The van der Waals surface area contributed by atoms with Gasteiger partial charge in [-0.3, -0.25) is 4.79 Å². The van der Waals surface area contributed by atoms with Crippen LogP contribution in [0.5, 0.6) is 5.75 Å². The van der Waals surface area contributed by atoms with Gasteiger partial charge in [0.05, 0.1) is 24.2 Å². The quantitative estimate of drug-likeness (QED) is 0.650. The van der Waals surface area contributed by atoms with Gasteiger partial charge in [0, 0.05) is 19.0 Å². The molecule has 0 amide bonds. The maximum absolute atomic E-state index is 12.7. The Morgan fingerprint density at radius 1 is 1.07 bits per heavy atom. The fourth-order valence-corrected chi connectivity index (χ4v) is 3.80. The van der Waals surface area contributed by atoms with Crippen LogP contribution in [0, 0.1) is 5.92 Å². The predicted molar refractivity (Wildman–Crippen MR) is 112 cm³/mol. The highest BCUT2D eigenvalue weighted by molar-refractivity contribution is 6.33. The number of nitrogens with zero attached hydrogens (tertiary/aromatic N) is 3. The Hall–Kier alpha value is -2.79. The van der Waals surface area contributed by atoms with E-state index in [1.54, 1.807) is 6.20 Å². The Bertz CT molecular complexity index is 976. The number of hydrogen-bond donors (Lipinski definition) is 0. The van der Waals surface area contributed by atoms with Crippen LogP contribution in [-0.2, 0) is 0 Å². The van der Waals surface area contributed by atoms with Gasteiger partial charge in [-0.15, -0.1) is 0 Å². The van der Waals surface area contributed by atoms with Gasteiger partial charge < -0.3 is 9.64 Å². The Kier molecular flexibility index (Phi) is 5.63. The zero-order valence-electron chi connectivity index (χ0n) is 15.5. The molecule has 2 heterocycles. The molecule has 0 spiro atoms. The number of piperidine rings is 1. The Labute approximate surface area is 169 Å². The second-order valence-corrected chi connectivity index (χ2v) is 7.35. The molecule has 144 valence electrons. The average Bonchev–Trinajstić information content (AvgIpc) is 2.76. The summed E-state index contributed by atoms with van der Waals surface area (Å²) in [6, 6.07) is 19.1. The molecule has 0 N–H and O–H groups in total. The van der Waals surface area contributed by atoms with Crippen LogP contribution < -0.4 is 15.2 Å². The second-order valence-electron chi connectivity index (χ2n) is 6.97. The van der Waals surface area contributed by atoms with Crippen LogP contribution in [-0.4, -0.2) is 29.5 Å². The van der Waals surface area contributed by atoms with E-state index in [1.807, 2.05) is 60.7 Å². The third kappa shape index (κ3) is 4.04. The van der Waals surface area contributed by atoms with Crippen molar-refractivity contribution in [2.75, 3.05) is 24.6 Å². The fraction of sp³-hybridized carbons (Fsp3) is 0.273. The first-order chi connectivity index (χ1) is 13.7. The van der Waals surface area contributed by atoms with Gasteiger partial charge in [0.25, 0.3) is 5.56 Å². The van der Waals surface area contributed by atoms with Crippen LogP contribution in [0.3, 0.4) is 0 Å². The molecule has 1 aliphatic rings. The summed E-state index contributed by atoms with van der Waals surface area (Å²) in [4.78, 5) is 14.9. The number of para-hydroxylation sites is 2. The van der Waals surface area contributed by atoms with Gasteiger partial charge in [0.1, 0.15) is 10.8 Å². The van der Waals surface area contributed by atoms with E-state index in [2.05, 4.69) is 10.00 Å². The summed E-state index contributed by atoms with van der Waals surface area (Å²) in [5.74, 6) is 1.26. The van der Waals surface area contributed by atoms with Gasteiger partial charge in [-0.25, -0.2) is 0 Å². The molecular weight excluding hydrogens is 374 g/mol. The summed E-state index contributed by atoms with van der Waals surface area (Å²) >= 11 is 6.46. The lowest BCUT2D eigenvalue weighted by Gasteiger charge is -2.34. The third-order valence-corrected chi connectivity index (χ3v) is 5.35. The summed E-state index contributed by atoms with van der Waals surface area (Å²) in [5.41, 5.74) is 1.10. The number of halogens is 1. The normalized spacial score (nSPS) is 16.8. The van der Waals surface area contributed by atoms with Crippen LogP contribution >= 0.6 is 11.6 Å². The van der Waals surface area contributed by atoms with Crippen molar-refractivity contribution in [3.05, 3.63) is 82.2 Å². The van der Waals surface area contributed by atoms with Crippen molar-refractivity contribution in [1.82, 2.24) is 9.78 Å². The van der Waals surface area contributed by atoms with Crippen molar-refractivity contribution in [2.24, 2.45) is 5.92 Å². The highest BCUT2D eigenvalue weighted by Gasteiger charge is 2.24. The molecule has 1 aromatic heterocycles. The number of ether oxygens (including phenoxy) is 1. The Balaban J connectivity index is 1.49. The van der Waals surface area contributed by atoms with Crippen LogP contribution in [0.15, 0.2) is 71.7 Å². The molecule has 1 fully saturated rings. The zero-order valence-corrected chi connectivity index (χ0v) is 16.3. The molecule has 1 atom stereocenters. The smallest absolute Gasteiger partial charge is 0.292 e. The number of benzene rings is 2. The molecule has 1 saturated heterocycles. The fourth-order valence-electron chi connectivity index (χ4n) is 3.55. The monoisotopic (exact) mass is 395 g/mol. The summed E-state index contributed by atoms with van der Waals surface area (Å²) in [5, 5.41) is 4.56. The maximum atomic E-state index is 12.7. The molecule has 0 saturated carbocycles. The third-order valence-electron chi connectivity index (χ3n) is 4.99. The molecular formula is C22H22ClN3O2. The molecule has 1 unspecified atom stereocenters. The standard InChI is InChI=1S/C22H22ClN3O2/c23-21-20(14-24-26(22(21)27)18-9-3-1-4-10-18)25-13-7-8-17(15-25)16-28-19-11-5-2-6-12-19/h1-6,9-12,14,17H,7-8,13,15-16H2. The first-order valence-electron chi connectivity index (χ1n) is 9.48. The lowest BCUT2D eigenvalue weighted by atomic mass is 9.98. The van der Waals surface area contributed by atoms with Crippen LogP contribution in [0.4, 0.5) is 5.69 Å². The first-order valence-corrected chi connectivity index (χ1v) is 9.86. The molecule has 4 rings (SSSR count). The molecule has 1 aliphatic heterocycles. The van der Waals surface area contributed by atoms with E-state index in [-0.39, 0.29) is 10.6 Å². The molecule has 0 aliphatic carbocycles. The van der Waals surface area contributed by atoms with Gasteiger partial charge in [0.15, 0.2) is 0 Å². The lowest BCUT2D eigenvalue weighted by molar-refractivity contribution is 0.229. The van der Waals surface area contributed by atoms with Gasteiger partial charge in [0.2, 0.25) is 0 Å². The van der Waals surface area contributed by atoms with Crippen molar-refractivity contribution in [1.29, 1.82) is 0 Å². The van der Waals surface area contributed by atoms with E-state index in [4.69, 9.17) is 16.3 Å². The summed E-state index contributed by atoms with van der Waals surface area (Å²) in [6.07, 6.45) is 3.81. The summed E-state index contributed by atoms with van der Waals surface area (Å²) < 4.78 is 7.26. The molecule has 0 bridgehead atoms. The highest BCUT2D eigenvalue weighted by Crippen LogP contribution is 2.27. The second kappa shape index (κ2) is 8.48. The van der Waals surface area contributed by atoms with Crippen molar-refractivity contribution < 1.29 is 4.74 Å². The molecule has 5 nitrogen and oxygen atoms in total. The van der Waals surface area contributed by atoms with Gasteiger partial charge in [-0.05, 0) is 37.1 Å². The number of rotatable bonds is 5. The van der Waals surface area contributed by atoms with E-state index in [9.17, 15) is 4.79 Å². The minimum atomic E-state index is -0.298. The Morgan fingerprint density at radius 3 is 2.54 bits per heavy atom. The number of anilines is 1. The number of hydrogen-bond acceptors (Lipinski definition) is 4. The first kappa shape index (κ1) is 18.6. The molecule has 0 radical (unpaired) electrons. The van der Waals surface area contributed by atoms with Crippen LogP contribution in [0.1, 0.15) is 12.8 Å². The van der Waals surface area contributed by atoms with E-state index >= 15 is 0 Å². The van der Waals surface area contributed by atoms with Crippen molar-refractivity contribution in [3.8, 4) is 11.4 Å². The topological polar surface area (TPSA) is 47.4 Å². The van der Waals surface area contributed by atoms with Crippen molar-refractivity contribution in [2.45, 2.75) is 12.8 Å². The summed E-state index contributed by atoms with van der Waals surface area (Å²) in [7, 11) is 0. The molecule has 2 aromatic carbocycles. The van der Waals surface area contributed by atoms with Crippen molar-refractivity contribution in [3.63, 3.8) is 0 Å². The average molecular weight is 396 g/mol. The molecule has 6 heteroatoms. The minimum absolute atomic E-state index is 0.212. The largest absolute Gasteiger partial charge is 0.493 e. The van der Waals surface area contributed by atoms with Crippen LogP contribution in [0.25, 0.3) is 5.69 Å². The van der Waals surface area contributed by atoms with E-state index in [0.29, 0.717) is 23.9 Å². The zero-order chi connectivity index (χ0) is 19.3. The molecule has 28 heavy (non-hydrogen) atoms. The predicted octanol–water partition coefficient (Wildman–Crippen LogP) is 4.18. The van der Waals surface area contributed by atoms with E-state index < -0.39 is 0 Å². The van der Waals surface area contributed by atoms with Gasteiger partial charge in [-0.1, -0.05) is 48.0 Å².